The summed E-state index contributed by atoms with van der Waals surface area (Å²) in [5.41, 5.74) is 0. The minimum Gasteiger partial charge on any atom is -0.348 e. The Labute approximate surface area is 107 Å². The van der Waals surface area contributed by atoms with Crippen molar-refractivity contribution in [1.82, 2.24) is 5.32 Å². The van der Waals surface area contributed by atoms with Crippen LogP contribution in [0.5, 0.6) is 0 Å². The Bertz CT molecular complexity index is 489. The van der Waals surface area contributed by atoms with Gasteiger partial charge in [-0.3, -0.25) is 9.59 Å². The van der Waals surface area contributed by atoms with Gasteiger partial charge in [0.25, 0.3) is 0 Å². The largest absolute Gasteiger partial charge is 0.348 e. The first-order chi connectivity index (χ1) is 8.25. The van der Waals surface area contributed by atoms with Gasteiger partial charge in [0, 0.05) is 4.88 Å². The number of carbonyl (C=O) groups is 2. The predicted molar refractivity (Wildman–Crippen MR) is 69.7 cm³/mol. The minimum atomic E-state index is -0.114. The number of thiophene rings is 2. The van der Waals surface area contributed by atoms with Crippen molar-refractivity contribution in [3.63, 3.8) is 0 Å². The molecule has 0 saturated heterocycles. The predicted octanol–water partition coefficient (Wildman–Crippen LogP) is 2.35. The van der Waals surface area contributed by atoms with Gasteiger partial charge in [0.1, 0.15) is 0 Å². The van der Waals surface area contributed by atoms with Gasteiger partial charge in [0.05, 0.1) is 17.8 Å². The average Bonchev–Trinajstić information content (AvgIpc) is 2.97. The summed E-state index contributed by atoms with van der Waals surface area (Å²) in [5, 5.41) is 6.41. The second-order valence-corrected chi connectivity index (χ2v) is 5.41. The molecule has 88 valence electrons. The van der Waals surface area contributed by atoms with Crippen LogP contribution in [-0.4, -0.2) is 18.2 Å². The lowest BCUT2D eigenvalue weighted by atomic mass is 10.3. The minimum absolute atomic E-state index is 0.0421. The topological polar surface area (TPSA) is 46.2 Å². The molecule has 0 radical (unpaired) electrons. The molecule has 17 heavy (non-hydrogen) atoms. The Hall–Kier alpha value is -1.46. The third-order valence-electron chi connectivity index (χ3n) is 2.16. The van der Waals surface area contributed by atoms with Crippen LogP contribution in [0.25, 0.3) is 0 Å². The number of Topliss-reactive ketones (excluding diaryl/α,β-unsaturated/α-hetero) is 1. The Morgan fingerprint density at radius 3 is 2.53 bits per heavy atom. The van der Waals surface area contributed by atoms with Gasteiger partial charge >= 0.3 is 0 Å². The molecule has 5 heteroatoms. The van der Waals surface area contributed by atoms with Crippen molar-refractivity contribution in [2.24, 2.45) is 0 Å². The highest BCUT2D eigenvalue weighted by Gasteiger charge is 2.09. The van der Waals surface area contributed by atoms with Gasteiger partial charge < -0.3 is 5.32 Å². The molecule has 0 aliphatic carbocycles. The van der Waals surface area contributed by atoms with E-state index in [-0.39, 0.29) is 18.2 Å². The normalized spacial score (nSPS) is 10.1. The molecule has 2 rings (SSSR count). The van der Waals surface area contributed by atoms with Gasteiger partial charge in [-0.1, -0.05) is 12.1 Å². The highest BCUT2D eigenvalue weighted by molar-refractivity contribution is 7.12. The molecule has 0 aliphatic heterocycles. The molecule has 2 aromatic rings. The maximum atomic E-state index is 11.6. The first-order valence-electron chi connectivity index (χ1n) is 5.11. The summed E-state index contributed by atoms with van der Waals surface area (Å²) < 4.78 is 0. The third kappa shape index (κ3) is 3.51. The van der Waals surface area contributed by atoms with E-state index in [1.165, 1.54) is 22.7 Å². The molecule has 0 aromatic carbocycles. The van der Waals surface area contributed by atoms with Crippen LogP contribution in [0, 0.1) is 0 Å². The van der Waals surface area contributed by atoms with Crippen LogP contribution in [0.2, 0.25) is 0 Å². The lowest BCUT2D eigenvalue weighted by Gasteiger charge is -2.02. The van der Waals surface area contributed by atoms with Crippen molar-refractivity contribution in [3.05, 3.63) is 44.8 Å². The van der Waals surface area contributed by atoms with E-state index in [1.54, 1.807) is 6.07 Å². The smallest absolute Gasteiger partial charge is 0.225 e. The van der Waals surface area contributed by atoms with E-state index in [9.17, 15) is 9.59 Å². The Balaban J connectivity index is 1.79. The van der Waals surface area contributed by atoms with Crippen LogP contribution in [0.1, 0.15) is 14.5 Å². The molecule has 0 atom stereocenters. The Morgan fingerprint density at radius 1 is 1.12 bits per heavy atom. The second kappa shape index (κ2) is 5.75. The number of amides is 1. The summed E-state index contributed by atoms with van der Waals surface area (Å²) in [7, 11) is 0. The molecule has 1 amide bonds. The van der Waals surface area contributed by atoms with Crippen molar-refractivity contribution >= 4 is 34.4 Å². The summed E-state index contributed by atoms with van der Waals surface area (Å²) in [4.78, 5) is 24.8. The van der Waals surface area contributed by atoms with Gasteiger partial charge in [-0.2, -0.15) is 0 Å². The molecule has 0 spiro atoms. The number of nitrogens with one attached hydrogen (secondary N) is 1. The number of ketones is 1. The zero-order valence-corrected chi connectivity index (χ0v) is 10.6. The van der Waals surface area contributed by atoms with Crippen LogP contribution < -0.4 is 5.32 Å². The van der Waals surface area contributed by atoms with Gasteiger partial charge in [-0.25, -0.2) is 0 Å². The van der Waals surface area contributed by atoms with Gasteiger partial charge in [-0.15, -0.1) is 22.7 Å². The summed E-state index contributed by atoms with van der Waals surface area (Å²) in [6.07, 6.45) is 0.343. The molecule has 0 bridgehead atoms. The molecule has 0 saturated carbocycles. The number of hydrogen-bond donors (Lipinski definition) is 1. The zero-order chi connectivity index (χ0) is 12.1. The lowest BCUT2D eigenvalue weighted by molar-refractivity contribution is -0.120. The highest BCUT2D eigenvalue weighted by atomic mass is 32.1. The quantitative estimate of drug-likeness (QED) is 0.844. The molecular weight excluding hydrogens is 254 g/mol. The third-order valence-corrected chi connectivity index (χ3v) is 3.94. The molecule has 3 nitrogen and oxygen atoms in total. The maximum absolute atomic E-state index is 11.6. The van der Waals surface area contributed by atoms with Crippen molar-refractivity contribution < 1.29 is 9.59 Å². The molecule has 0 unspecified atom stereocenters. The molecule has 0 fully saturated rings. The van der Waals surface area contributed by atoms with Gasteiger partial charge in [-0.05, 0) is 22.9 Å². The van der Waals surface area contributed by atoms with Crippen LogP contribution in [0.15, 0.2) is 35.0 Å². The highest BCUT2D eigenvalue weighted by Crippen LogP contribution is 2.10. The molecule has 1 N–H and O–H groups in total. The fraction of sp³-hybridized carbons (Fsp3) is 0.167. The van der Waals surface area contributed by atoms with Crippen molar-refractivity contribution in [2.45, 2.75) is 6.42 Å². The van der Waals surface area contributed by atoms with Crippen LogP contribution in [0.4, 0.5) is 0 Å². The van der Waals surface area contributed by atoms with E-state index in [0.717, 1.165) is 4.88 Å². The van der Waals surface area contributed by atoms with Gasteiger partial charge in [0.15, 0.2) is 5.78 Å². The van der Waals surface area contributed by atoms with E-state index >= 15 is 0 Å². The second-order valence-electron chi connectivity index (χ2n) is 3.43. The standard InChI is InChI=1S/C12H11NO2S2/c14-10(11-4-2-6-17-11)8-13-12(15)7-9-3-1-5-16-9/h1-6H,7-8H2,(H,13,15). The zero-order valence-electron chi connectivity index (χ0n) is 9.01. The lowest BCUT2D eigenvalue weighted by Crippen LogP contribution is -2.30. The molecule has 0 aliphatic rings. The van der Waals surface area contributed by atoms with Crippen molar-refractivity contribution in [1.29, 1.82) is 0 Å². The monoisotopic (exact) mass is 265 g/mol. The van der Waals surface area contributed by atoms with Crippen LogP contribution in [0.3, 0.4) is 0 Å². The van der Waals surface area contributed by atoms with E-state index in [1.807, 2.05) is 29.0 Å². The first-order valence-corrected chi connectivity index (χ1v) is 6.87. The van der Waals surface area contributed by atoms with Crippen LogP contribution in [-0.2, 0) is 11.2 Å². The maximum Gasteiger partial charge on any atom is 0.225 e. The van der Waals surface area contributed by atoms with Crippen molar-refractivity contribution in [3.8, 4) is 0 Å². The van der Waals surface area contributed by atoms with E-state index in [4.69, 9.17) is 0 Å². The Morgan fingerprint density at radius 2 is 1.88 bits per heavy atom. The fourth-order valence-corrected chi connectivity index (χ4v) is 2.71. The number of rotatable bonds is 5. The first kappa shape index (κ1) is 12.0. The van der Waals surface area contributed by atoms with Crippen molar-refractivity contribution in [2.75, 3.05) is 6.54 Å². The summed E-state index contributed by atoms with van der Waals surface area (Å²) in [6, 6.07) is 7.40. The molecule has 2 heterocycles. The average molecular weight is 265 g/mol. The summed E-state index contributed by atoms with van der Waals surface area (Å²) in [5.74, 6) is -0.156. The molecule has 2 aromatic heterocycles. The van der Waals surface area contributed by atoms with E-state index < -0.39 is 0 Å². The van der Waals surface area contributed by atoms with Crippen LogP contribution >= 0.6 is 22.7 Å². The van der Waals surface area contributed by atoms with Gasteiger partial charge in [0.2, 0.25) is 5.91 Å². The van der Waals surface area contributed by atoms with E-state index in [2.05, 4.69) is 5.32 Å². The van der Waals surface area contributed by atoms with E-state index in [0.29, 0.717) is 11.3 Å². The SMILES string of the molecule is O=C(Cc1cccs1)NCC(=O)c1cccs1. The summed E-state index contributed by atoms with van der Waals surface area (Å²) >= 11 is 2.93. The summed E-state index contributed by atoms with van der Waals surface area (Å²) in [6.45, 7) is 0.0741. The number of carbonyl (C=O) groups excluding carboxylic acids is 2. The Kier molecular flexibility index (Phi) is 4.06. The molecular formula is C12H11NO2S2. The fourth-order valence-electron chi connectivity index (χ4n) is 1.34. The number of hydrogen-bond acceptors (Lipinski definition) is 4.